The van der Waals surface area contributed by atoms with Gasteiger partial charge in [-0.15, -0.1) is 0 Å². The lowest BCUT2D eigenvalue weighted by Gasteiger charge is -2.11. The molecular formula is C14H18BrN3O. The highest BCUT2D eigenvalue weighted by Crippen LogP contribution is 2.20. The maximum atomic E-state index is 5.03. The standard InChI is InChI=1S/C14H18BrN3O/c1-11-5-7-18(17-11)14-9-13(15)4-3-12(14)10-16-6-8-19-2/h3-5,7,9,16H,6,8,10H2,1-2H3. The van der Waals surface area contributed by atoms with Gasteiger partial charge in [-0.2, -0.15) is 5.10 Å². The van der Waals surface area contributed by atoms with Crippen molar-refractivity contribution in [3.05, 3.63) is 46.2 Å². The molecule has 0 saturated heterocycles. The smallest absolute Gasteiger partial charge is 0.0701 e. The van der Waals surface area contributed by atoms with E-state index in [2.05, 4.69) is 38.5 Å². The van der Waals surface area contributed by atoms with E-state index in [0.717, 1.165) is 28.9 Å². The average Bonchev–Trinajstić information content (AvgIpc) is 2.82. The number of ether oxygens (including phenoxy) is 1. The average molecular weight is 324 g/mol. The van der Waals surface area contributed by atoms with Gasteiger partial charge in [-0.05, 0) is 30.7 Å². The molecule has 1 aromatic carbocycles. The van der Waals surface area contributed by atoms with Gasteiger partial charge in [0, 0.05) is 30.9 Å². The van der Waals surface area contributed by atoms with Crippen molar-refractivity contribution >= 4 is 15.9 Å². The normalized spacial score (nSPS) is 10.9. The molecule has 102 valence electrons. The van der Waals surface area contributed by atoms with Crippen LogP contribution in [0.5, 0.6) is 0 Å². The van der Waals surface area contributed by atoms with E-state index >= 15 is 0 Å². The Balaban J connectivity index is 2.18. The minimum atomic E-state index is 0.715. The molecular weight excluding hydrogens is 306 g/mol. The SMILES string of the molecule is COCCNCc1ccc(Br)cc1-n1ccc(C)n1. The lowest BCUT2D eigenvalue weighted by molar-refractivity contribution is 0.199. The van der Waals surface area contributed by atoms with Crippen molar-refractivity contribution < 1.29 is 4.74 Å². The number of nitrogens with one attached hydrogen (secondary N) is 1. The molecule has 4 nitrogen and oxygen atoms in total. The summed E-state index contributed by atoms with van der Waals surface area (Å²) in [6, 6.07) is 8.24. The lowest BCUT2D eigenvalue weighted by Crippen LogP contribution is -2.19. The van der Waals surface area contributed by atoms with Crippen molar-refractivity contribution in [1.82, 2.24) is 15.1 Å². The number of aromatic nitrogens is 2. The van der Waals surface area contributed by atoms with E-state index in [9.17, 15) is 0 Å². The molecule has 1 aromatic heterocycles. The molecule has 0 aliphatic carbocycles. The van der Waals surface area contributed by atoms with E-state index in [-0.39, 0.29) is 0 Å². The fourth-order valence-corrected chi connectivity index (χ4v) is 2.20. The second-order valence-electron chi connectivity index (χ2n) is 4.34. The summed E-state index contributed by atoms with van der Waals surface area (Å²) in [7, 11) is 1.71. The Morgan fingerprint density at radius 3 is 2.89 bits per heavy atom. The van der Waals surface area contributed by atoms with Gasteiger partial charge in [0.15, 0.2) is 0 Å². The topological polar surface area (TPSA) is 39.1 Å². The Bertz CT molecular complexity index is 539. The zero-order valence-corrected chi connectivity index (χ0v) is 12.8. The van der Waals surface area contributed by atoms with Crippen LogP contribution < -0.4 is 5.32 Å². The maximum absolute atomic E-state index is 5.03. The second kappa shape index (κ2) is 6.84. The molecule has 0 saturated carbocycles. The van der Waals surface area contributed by atoms with Gasteiger partial charge in [0.2, 0.25) is 0 Å². The zero-order chi connectivity index (χ0) is 13.7. The number of aryl methyl sites for hydroxylation is 1. The summed E-state index contributed by atoms with van der Waals surface area (Å²) < 4.78 is 7.99. The molecule has 0 aliphatic rings. The minimum absolute atomic E-state index is 0.715. The van der Waals surface area contributed by atoms with E-state index in [0.29, 0.717) is 6.61 Å². The third kappa shape index (κ3) is 3.89. The van der Waals surface area contributed by atoms with E-state index < -0.39 is 0 Å². The minimum Gasteiger partial charge on any atom is -0.383 e. The number of methoxy groups -OCH3 is 1. The van der Waals surface area contributed by atoms with Gasteiger partial charge in [0.25, 0.3) is 0 Å². The Labute approximate surface area is 121 Å². The van der Waals surface area contributed by atoms with Crippen LogP contribution in [0.25, 0.3) is 5.69 Å². The third-order valence-corrected chi connectivity index (χ3v) is 3.31. The van der Waals surface area contributed by atoms with Crippen LogP contribution in [-0.4, -0.2) is 30.0 Å². The molecule has 0 amide bonds. The van der Waals surface area contributed by atoms with Gasteiger partial charge >= 0.3 is 0 Å². The van der Waals surface area contributed by atoms with Crippen molar-refractivity contribution in [2.24, 2.45) is 0 Å². The number of halogens is 1. The van der Waals surface area contributed by atoms with E-state index in [4.69, 9.17) is 4.74 Å². The van der Waals surface area contributed by atoms with Crippen LogP contribution in [0.1, 0.15) is 11.3 Å². The highest BCUT2D eigenvalue weighted by atomic mass is 79.9. The first-order valence-corrected chi connectivity index (χ1v) is 7.01. The summed E-state index contributed by atoms with van der Waals surface area (Å²) in [5.41, 5.74) is 3.31. The summed E-state index contributed by atoms with van der Waals surface area (Å²) in [5.74, 6) is 0. The largest absolute Gasteiger partial charge is 0.383 e. The molecule has 0 unspecified atom stereocenters. The number of hydrogen-bond donors (Lipinski definition) is 1. The van der Waals surface area contributed by atoms with E-state index in [1.165, 1.54) is 5.56 Å². The molecule has 0 fully saturated rings. The first-order valence-electron chi connectivity index (χ1n) is 6.21. The lowest BCUT2D eigenvalue weighted by atomic mass is 10.2. The van der Waals surface area contributed by atoms with Gasteiger partial charge in [-0.1, -0.05) is 22.0 Å². The molecule has 2 rings (SSSR count). The summed E-state index contributed by atoms with van der Waals surface area (Å²) in [5, 5.41) is 7.83. The van der Waals surface area contributed by atoms with Crippen LogP contribution >= 0.6 is 15.9 Å². The first-order chi connectivity index (χ1) is 9.20. The molecule has 0 atom stereocenters. The van der Waals surface area contributed by atoms with Gasteiger partial charge in [0.1, 0.15) is 0 Å². The monoisotopic (exact) mass is 323 g/mol. The molecule has 1 heterocycles. The van der Waals surface area contributed by atoms with Crippen LogP contribution in [0.4, 0.5) is 0 Å². The predicted molar refractivity (Wildman–Crippen MR) is 79.6 cm³/mol. The fraction of sp³-hybridized carbons (Fsp3) is 0.357. The summed E-state index contributed by atoms with van der Waals surface area (Å²) >= 11 is 3.51. The van der Waals surface area contributed by atoms with Crippen LogP contribution in [0.15, 0.2) is 34.9 Å². The summed E-state index contributed by atoms with van der Waals surface area (Å²) in [6.45, 7) is 4.34. The number of nitrogens with zero attached hydrogens (tertiary/aromatic N) is 2. The Kier molecular flexibility index (Phi) is 5.13. The van der Waals surface area contributed by atoms with Gasteiger partial charge < -0.3 is 10.1 Å². The first kappa shape index (κ1) is 14.2. The highest BCUT2D eigenvalue weighted by molar-refractivity contribution is 9.10. The molecule has 0 bridgehead atoms. The Morgan fingerprint density at radius 2 is 2.21 bits per heavy atom. The Hall–Kier alpha value is -1.17. The molecule has 2 aromatic rings. The molecule has 1 N–H and O–H groups in total. The third-order valence-electron chi connectivity index (χ3n) is 2.81. The molecule has 19 heavy (non-hydrogen) atoms. The quantitative estimate of drug-likeness (QED) is 0.831. The van der Waals surface area contributed by atoms with Gasteiger partial charge in [-0.3, -0.25) is 0 Å². The molecule has 5 heteroatoms. The van der Waals surface area contributed by atoms with E-state index in [1.807, 2.05) is 29.9 Å². The molecule has 0 aliphatic heterocycles. The number of hydrogen-bond acceptors (Lipinski definition) is 3. The Morgan fingerprint density at radius 1 is 1.37 bits per heavy atom. The second-order valence-corrected chi connectivity index (χ2v) is 5.26. The van der Waals surface area contributed by atoms with E-state index in [1.54, 1.807) is 7.11 Å². The highest BCUT2D eigenvalue weighted by Gasteiger charge is 2.06. The summed E-state index contributed by atoms with van der Waals surface area (Å²) in [6.07, 6.45) is 1.98. The predicted octanol–water partition coefficient (Wildman–Crippen LogP) is 2.68. The molecule has 0 spiro atoms. The van der Waals surface area contributed by atoms with Crippen LogP contribution in [0, 0.1) is 6.92 Å². The zero-order valence-electron chi connectivity index (χ0n) is 11.2. The molecule has 0 radical (unpaired) electrons. The van der Waals surface area contributed by atoms with Crippen molar-refractivity contribution in [1.29, 1.82) is 0 Å². The summed E-state index contributed by atoms with van der Waals surface area (Å²) in [4.78, 5) is 0. The van der Waals surface area contributed by atoms with Crippen molar-refractivity contribution in [3.63, 3.8) is 0 Å². The number of rotatable bonds is 6. The van der Waals surface area contributed by atoms with Crippen molar-refractivity contribution in [3.8, 4) is 5.69 Å². The van der Waals surface area contributed by atoms with Gasteiger partial charge in [0.05, 0.1) is 18.0 Å². The van der Waals surface area contributed by atoms with Crippen LogP contribution in [0.2, 0.25) is 0 Å². The van der Waals surface area contributed by atoms with Crippen LogP contribution in [0.3, 0.4) is 0 Å². The maximum Gasteiger partial charge on any atom is 0.0701 e. The fourth-order valence-electron chi connectivity index (χ4n) is 1.85. The number of benzene rings is 1. The van der Waals surface area contributed by atoms with Gasteiger partial charge in [-0.25, -0.2) is 4.68 Å². The van der Waals surface area contributed by atoms with Crippen molar-refractivity contribution in [2.45, 2.75) is 13.5 Å². The van der Waals surface area contributed by atoms with Crippen LogP contribution in [-0.2, 0) is 11.3 Å². The van der Waals surface area contributed by atoms with Crippen molar-refractivity contribution in [2.75, 3.05) is 20.3 Å².